The molecule has 2 aliphatic heterocycles. The normalized spacial score (nSPS) is 17.5. The van der Waals surface area contributed by atoms with Crippen molar-refractivity contribution in [2.75, 3.05) is 31.1 Å². The van der Waals surface area contributed by atoms with Gasteiger partial charge < -0.3 is 9.80 Å². The van der Waals surface area contributed by atoms with Crippen LogP contribution in [0.15, 0.2) is 48.5 Å². The number of carbonyl (C=O) groups excluding carboxylic acids is 3. The lowest BCUT2D eigenvalue weighted by molar-refractivity contribution is -0.137. The van der Waals surface area contributed by atoms with Crippen LogP contribution >= 0.6 is 11.6 Å². The van der Waals surface area contributed by atoms with Gasteiger partial charge in [-0.1, -0.05) is 49.7 Å². The van der Waals surface area contributed by atoms with Crippen LogP contribution in [-0.4, -0.2) is 59.7 Å². The van der Waals surface area contributed by atoms with Gasteiger partial charge in [-0.05, 0) is 30.2 Å². The number of hydrogen-bond acceptors (Lipinski definition) is 4. The zero-order valence-electron chi connectivity index (χ0n) is 17.0. The van der Waals surface area contributed by atoms with Crippen molar-refractivity contribution in [2.24, 2.45) is 5.92 Å². The van der Waals surface area contributed by atoms with Crippen LogP contribution in [0.4, 0.5) is 5.69 Å². The van der Waals surface area contributed by atoms with E-state index in [1.807, 2.05) is 38.1 Å². The van der Waals surface area contributed by atoms with E-state index in [9.17, 15) is 14.4 Å². The molecule has 2 aromatic carbocycles. The Morgan fingerprint density at radius 2 is 1.40 bits per heavy atom. The van der Waals surface area contributed by atoms with Gasteiger partial charge in [0, 0.05) is 26.2 Å². The van der Waals surface area contributed by atoms with E-state index in [1.54, 1.807) is 29.2 Å². The van der Waals surface area contributed by atoms with Crippen molar-refractivity contribution in [3.05, 3.63) is 64.7 Å². The summed E-state index contributed by atoms with van der Waals surface area (Å²) < 4.78 is 0. The molecule has 3 amide bonds. The molecule has 2 heterocycles. The van der Waals surface area contributed by atoms with Gasteiger partial charge in [-0.15, -0.1) is 0 Å². The maximum absolute atomic E-state index is 13.4. The van der Waals surface area contributed by atoms with Crippen molar-refractivity contribution in [2.45, 2.75) is 19.9 Å². The van der Waals surface area contributed by atoms with Gasteiger partial charge in [-0.3, -0.25) is 19.3 Å². The number of para-hydroxylation sites is 1. The molecule has 156 valence electrons. The predicted octanol–water partition coefficient (Wildman–Crippen LogP) is 3.31. The largest absolute Gasteiger partial charge is 0.367 e. The first-order valence-corrected chi connectivity index (χ1v) is 10.5. The van der Waals surface area contributed by atoms with Crippen molar-refractivity contribution < 1.29 is 14.4 Å². The van der Waals surface area contributed by atoms with Crippen molar-refractivity contribution >= 4 is 35.0 Å². The fraction of sp³-hybridized carbons (Fsp3) is 0.348. The molecule has 0 spiro atoms. The summed E-state index contributed by atoms with van der Waals surface area (Å²) in [6.45, 7) is 6.04. The summed E-state index contributed by atoms with van der Waals surface area (Å²) in [6, 6.07) is 13.6. The minimum Gasteiger partial charge on any atom is -0.367 e. The monoisotopic (exact) mass is 425 g/mol. The Kier molecular flexibility index (Phi) is 5.52. The highest BCUT2D eigenvalue weighted by Gasteiger charge is 2.45. The number of imide groups is 1. The van der Waals surface area contributed by atoms with Gasteiger partial charge in [0.2, 0.25) is 5.91 Å². The summed E-state index contributed by atoms with van der Waals surface area (Å²) in [5.41, 5.74) is 1.68. The van der Waals surface area contributed by atoms with E-state index in [0.29, 0.717) is 42.3 Å². The molecule has 0 saturated carbocycles. The number of rotatable bonds is 4. The fourth-order valence-corrected chi connectivity index (χ4v) is 4.47. The molecule has 0 bridgehead atoms. The molecule has 1 unspecified atom stereocenters. The second-order valence-electron chi connectivity index (χ2n) is 7.98. The van der Waals surface area contributed by atoms with Crippen LogP contribution in [0, 0.1) is 5.92 Å². The second kappa shape index (κ2) is 8.11. The number of anilines is 1. The van der Waals surface area contributed by atoms with Gasteiger partial charge in [-0.25, -0.2) is 0 Å². The van der Waals surface area contributed by atoms with E-state index in [0.717, 1.165) is 10.6 Å². The smallest absolute Gasteiger partial charge is 0.262 e. The third kappa shape index (κ3) is 3.45. The molecular weight excluding hydrogens is 402 g/mol. The lowest BCUT2D eigenvalue weighted by atomic mass is 10.0. The van der Waals surface area contributed by atoms with Gasteiger partial charge in [0.05, 0.1) is 21.8 Å². The van der Waals surface area contributed by atoms with Crippen LogP contribution in [0.3, 0.4) is 0 Å². The third-order valence-electron chi connectivity index (χ3n) is 5.77. The molecule has 1 saturated heterocycles. The first kappa shape index (κ1) is 20.4. The Balaban J connectivity index is 1.51. The molecule has 4 rings (SSSR count). The van der Waals surface area contributed by atoms with Crippen molar-refractivity contribution in [3.63, 3.8) is 0 Å². The van der Waals surface area contributed by atoms with E-state index < -0.39 is 17.9 Å². The SMILES string of the molecule is CC(C)C(C(=O)N1CCN(c2ccccc2Cl)CC1)N1C(=O)c2ccccc2C1=O. The molecule has 1 fully saturated rings. The Hall–Kier alpha value is -2.86. The second-order valence-corrected chi connectivity index (χ2v) is 8.39. The Bertz CT molecular complexity index is 964. The average Bonchev–Trinajstić information content (AvgIpc) is 3.00. The highest BCUT2D eigenvalue weighted by atomic mass is 35.5. The zero-order valence-corrected chi connectivity index (χ0v) is 17.8. The number of fused-ring (bicyclic) bond motifs is 1. The van der Waals surface area contributed by atoms with E-state index in [4.69, 9.17) is 11.6 Å². The van der Waals surface area contributed by atoms with Crippen LogP contribution in [-0.2, 0) is 4.79 Å². The number of hydrogen-bond donors (Lipinski definition) is 0. The summed E-state index contributed by atoms with van der Waals surface area (Å²) >= 11 is 6.31. The third-order valence-corrected chi connectivity index (χ3v) is 6.09. The van der Waals surface area contributed by atoms with E-state index in [1.165, 1.54) is 0 Å². The average molecular weight is 426 g/mol. The Labute approximate surface area is 181 Å². The minimum absolute atomic E-state index is 0.182. The minimum atomic E-state index is -0.815. The Morgan fingerprint density at radius 1 is 0.867 bits per heavy atom. The zero-order chi connectivity index (χ0) is 21.4. The van der Waals surface area contributed by atoms with Crippen LogP contribution < -0.4 is 4.90 Å². The summed E-state index contributed by atoms with van der Waals surface area (Å²) in [4.78, 5) is 44.3. The number of amides is 3. The summed E-state index contributed by atoms with van der Waals surface area (Å²) in [5, 5.41) is 0.684. The molecule has 0 radical (unpaired) electrons. The van der Waals surface area contributed by atoms with Gasteiger partial charge in [-0.2, -0.15) is 0 Å². The summed E-state index contributed by atoms with van der Waals surface area (Å²) in [6.07, 6.45) is 0. The van der Waals surface area contributed by atoms with Gasteiger partial charge in [0.1, 0.15) is 6.04 Å². The molecule has 0 aliphatic carbocycles. The molecule has 0 aromatic heterocycles. The van der Waals surface area contributed by atoms with Crippen molar-refractivity contribution in [1.82, 2.24) is 9.80 Å². The maximum Gasteiger partial charge on any atom is 0.262 e. The fourth-order valence-electron chi connectivity index (χ4n) is 4.22. The first-order chi connectivity index (χ1) is 14.4. The first-order valence-electron chi connectivity index (χ1n) is 10.2. The highest BCUT2D eigenvalue weighted by molar-refractivity contribution is 6.33. The number of halogens is 1. The molecule has 7 heteroatoms. The molecule has 2 aliphatic rings. The van der Waals surface area contributed by atoms with E-state index in [2.05, 4.69) is 4.90 Å². The molecule has 1 atom stereocenters. The van der Waals surface area contributed by atoms with E-state index in [-0.39, 0.29) is 11.8 Å². The molecular formula is C23H24ClN3O3. The van der Waals surface area contributed by atoms with Crippen molar-refractivity contribution in [3.8, 4) is 0 Å². The maximum atomic E-state index is 13.4. The van der Waals surface area contributed by atoms with Crippen LogP contribution in [0.5, 0.6) is 0 Å². The van der Waals surface area contributed by atoms with Crippen LogP contribution in [0.25, 0.3) is 0 Å². The topological polar surface area (TPSA) is 60.9 Å². The van der Waals surface area contributed by atoms with Crippen molar-refractivity contribution in [1.29, 1.82) is 0 Å². The van der Waals surface area contributed by atoms with E-state index >= 15 is 0 Å². The lowest BCUT2D eigenvalue weighted by Crippen LogP contribution is -2.57. The summed E-state index contributed by atoms with van der Waals surface area (Å²) in [7, 11) is 0. The van der Waals surface area contributed by atoms with Crippen LogP contribution in [0.2, 0.25) is 5.02 Å². The number of nitrogens with zero attached hydrogens (tertiary/aromatic N) is 3. The standard InChI is InChI=1S/C23H24ClN3O3/c1-15(2)20(27-21(28)16-7-3-4-8-17(16)22(27)29)23(30)26-13-11-25(12-14-26)19-10-6-5-9-18(19)24/h3-10,15,20H,11-14H2,1-2H3. The summed E-state index contributed by atoms with van der Waals surface area (Å²) in [5.74, 6) is -1.16. The van der Waals surface area contributed by atoms with Gasteiger partial charge in [0.15, 0.2) is 0 Å². The Morgan fingerprint density at radius 3 is 1.93 bits per heavy atom. The number of benzene rings is 2. The van der Waals surface area contributed by atoms with Crippen LogP contribution in [0.1, 0.15) is 34.6 Å². The predicted molar refractivity (Wildman–Crippen MR) is 116 cm³/mol. The lowest BCUT2D eigenvalue weighted by Gasteiger charge is -2.39. The quantitative estimate of drug-likeness (QED) is 0.705. The molecule has 30 heavy (non-hydrogen) atoms. The van der Waals surface area contributed by atoms with Gasteiger partial charge >= 0.3 is 0 Å². The number of carbonyl (C=O) groups is 3. The molecule has 2 aromatic rings. The highest BCUT2D eigenvalue weighted by Crippen LogP contribution is 2.29. The number of piperazine rings is 1. The molecule has 0 N–H and O–H groups in total. The molecule has 6 nitrogen and oxygen atoms in total. The van der Waals surface area contributed by atoms with Gasteiger partial charge in [0.25, 0.3) is 11.8 Å².